The molecule has 0 radical (unpaired) electrons. The maximum Gasteiger partial charge on any atom is 0.159 e. The molecule has 104 valence electrons. The molecule has 0 N–H and O–H groups in total. The van der Waals surface area contributed by atoms with E-state index in [1.165, 1.54) is 12.8 Å². The predicted octanol–water partition coefficient (Wildman–Crippen LogP) is 3.75. The van der Waals surface area contributed by atoms with E-state index < -0.39 is 0 Å². The summed E-state index contributed by atoms with van der Waals surface area (Å²) < 4.78 is 11.5. The van der Waals surface area contributed by atoms with Crippen LogP contribution in [-0.4, -0.2) is 18.5 Å². The maximum absolute atomic E-state index is 11.4. The molecule has 1 aliphatic carbocycles. The topological polar surface area (TPSA) is 35.5 Å². The first-order valence-corrected chi connectivity index (χ1v) is 7.09. The highest BCUT2D eigenvalue weighted by Gasteiger charge is 2.16. The van der Waals surface area contributed by atoms with Gasteiger partial charge >= 0.3 is 0 Å². The van der Waals surface area contributed by atoms with Crippen LogP contribution in [0.25, 0.3) is 0 Å². The summed E-state index contributed by atoms with van der Waals surface area (Å²) in [5, 5.41) is 0. The number of carbonyl (C=O) groups excluding carboxylic acids is 1. The quantitative estimate of drug-likeness (QED) is 0.732. The van der Waals surface area contributed by atoms with Gasteiger partial charge in [0, 0.05) is 11.1 Å². The van der Waals surface area contributed by atoms with E-state index in [0.717, 1.165) is 24.2 Å². The van der Waals surface area contributed by atoms with Gasteiger partial charge in [-0.05, 0) is 44.9 Å². The monoisotopic (exact) mass is 262 g/mol. The number of hydrogen-bond acceptors (Lipinski definition) is 3. The van der Waals surface area contributed by atoms with Gasteiger partial charge in [0.25, 0.3) is 0 Å². The molecule has 19 heavy (non-hydrogen) atoms. The number of benzene rings is 1. The Labute approximate surface area is 114 Å². The Morgan fingerprint density at radius 3 is 2.68 bits per heavy atom. The minimum absolute atomic E-state index is 0.0742. The van der Waals surface area contributed by atoms with E-state index in [4.69, 9.17) is 9.47 Å². The van der Waals surface area contributed by atoms with Crippen molar-refractivity contribution in [2.45, 2.75) is 52.2 Å². The van der Waals surface area contributed by atoms with Crippen LogP contribution in [0.1, 0.15) is 55.5 Å². The number of ether oxygens (including phenoxy) is 2. The van der Waals surface area contributed by atoms with Crippen LogP contribution in [-0.2, 0) is 11.3 Å². The first kappa shape index (κ1) is 14.1. The third-order valence-electron chi connectivity index (χ3n) is 3.54. The summed E-state index contributed by atoms with van der Waals surface area (Å²) in [5.41, 5.74) is 1.69. The van der Waals surface area contributed by atoms with E-state index in [9.17, 15) is 4.79 Å². The minimum Gasteiger partial charge on any atom is -0.494 e. The van der Waals surface area contributed by atoms with Gasteiger partial charge in [-0.2, -0.15) is 0 Å². The average Bonchev–Trinajstić information content (AvgIpc) is 2.90. The molecule has 0 bridgehead atoms. The third kappa shape index (κ3) is 3.80. The van der Waals surface area contributed by atoms with Crippen LogP contribution in [0.2, 0.25) is 0 Å². The average molecular weight is 262 g/mol. The van der Waals surface area contributed by atoms with E-state index in [1.54, 1.807) is 6.92 Å². The van der Waals surface area contributed by atoms with Gasteiger partial charge in [0.1, 0.15) is 5.75 Å². The number of Topliss-reactive ketones (excluding diaryl/α,β-unsaturated/α-hetero) is 1. The van der Waals surface area contributed by atoms with Crippen LogP contribution in [0.4, 0.5) is 0 Å². The van der Waals surface area contributed by atoms with Crippen molar-refractivity contribution in [3.8, 4) is 5.75 Å². The molecule has 1 aromatic rings. The fraction of sp³-hybridized carbons (Fsp3) is 0.562. The SMILES string of the molecule is CCOc1ccc(C(C)=O)cc1COC1CCCC1. The molecule has 1 fully saturated rings. The summed E-state index contributed by atoms with van der Waals surface area (Å²) in [6, 6.07) is 5.57. The zero-order valence-electron chi connectivity index (χ0n) is 11.8. The lowest BCUT2D eigenvalue weighted by molar-refractivity contribution is 0.0443. The summed E-state index contributed by atoms with van der Waals surface area (Å²) in [6.07, 6.45) is 5.19. The molecule has 0 spiro atoms. The Morgan fingerprint density at radius 2 is 2.05 bits per heavy atom. The Balaban J connectivity index is 2.09. The molecule has 3 nitrogen and oxygen atoms in total. The van der Waals surface area contributed by atoms with Crippen molar-refractivity contribution in [3.05, 3.63) is 29.3 Å². The molecule has 1 saturated carbocycles. The molecule has 0 saturated heterocycles. The van der Waals surface area contributed by atoms with Gasteiger partial charge in [0.15, 0.2) is 5.78 Å². The molecule has 3 heteroatoms. The molecule has 1 aliphatic rings. The molecular weight excluding hydrogens is 240 g/mol. The number of carbonyl (C=O) groups is 1. The van der Waals surface area contributed by atoms with Gasteiger partial charge in [-0.1, -0.05) is 12.8 Å². The van der Waals surface area contributed by atoms with E-state index in [2.05, 4.69) is 0 Å². The summed E-state index contributed by atoms with van der Waals surface area (Å²) in [4.78, 5) is 11.4. The van der Waals surface area contributed by atoms with Crippen molar-refractivity contribution >= 4 is 5.78 Å². The molecule has 0 amide bonds. The van der Waals surface area contributed by atoms with Gasteiger partial charge in [-0.25, -0.2) is 0 Å². The second-order valence-corrected chi connectivity index (χ2v) is 5.03. The third-order valence-corrected chi connectivity index (χ3v) is 3.54. The molecule has 2 rings (SSSR count). The van der Waals surface area contributed by atoms with Crippen LogP contribution in [0.15, 0.2) is 18.2 Å². The molecule has 0 aliphatic heterocycles. The van der Waals surface area contributed by atoms with E-state index in [0.29, 0.717) is 24.9 Å². The van der Waals surface area contributed by atoms with E-state index in [-0.39, 0.29) is 5.78 Å². The lowest BCUT2D eigenvalue weighted by Crippen LogP contribution is -2.09. The highest BCUT2D eigenvalue weighted by atomic mass is 16.5. The second-order valence-electron chi connectivity index (χ2n) is 5.03. The molecule has 0 aromatic heterocycles. The van der Waals surface area contributed by atoms with Crippen LogP contribution in [0, 0.1) is 0 Å². The Kier molecular flexibility index (Phi) is 4.97. The highest BCUT2D eigenvalue weighted by Crippen LogP contribution is 2.26. The van der Waals surface area contributed by atoms with Gasteiger partial charge in [0.05, 0.1) is 19.3 Å². The first-order valence-electron chi connectivity index (χ1n) is 7.09. The Bertz CT molecular complexity index is 434. The first-order chi connectivity index (χ1) is 9.20. The van der Waals surface area contributed by atoms with E-state index in [1.807, 2.05) is 25.1 Å². The molecule has 0 heterocycles. The molecule has 1 aromatic carbocycles. The van der Waals surface area contributed by atoms with Crippen LogP contribution in [0.3, 0.4) is 0 Å². The minimum atomic E-state index is 0.0742. The van der Waals surface area contributed by atoms with Crippen molar-refractivity contribution in [1.29, 1.82) is 0 Å². The van der Waals surface area contributed by atoms with Crippen LogP contribution in [0.5, 0.6) is 5.75 Å². The van der Waals surface area contributed by atoms with Crippen molar-refractivity contribution < 1.29 is 14.3 Å². The molecule has 0 atom stereocenters. The standard InChI is InChI=1S/C16H22O3/c1-3-18-16-9-8-13(12(2)17)10-14(16)11-19-15-6-4-5-7-15/h8-10,15H,3-7,11H2,1-2H3. The lowest BCUT2D eigenvalue weighted by atomic mass is 10.1. The van der Waals surface area contributed by atoms with Gasteiger partial charge in [0.2, 0.25) is 0 Å². The van der Waals surface area contributed by atoms with Crippen molar-refractivity contribution in [2.24, 2.45) is 0 Å². The second kappa shape index (κ2) is 6.71. The normalized spacial score (nSPS) is 15.7. The largest absolute Gasteiger partial charge is 0.494 e. The van der Waals surface area contributed by atoms with Crippen molar-refractivity contribution in [1.82, 2.24) is 0 Å². The number of rotatable bonds is 6. The Morgan fingerprint density at radius 1 is 1.32 bits per heavy atom. The Hall–Kier alpha value is -1.35. The lowest BCUT2D eigenvalue weighted by Gasteiger charge is -2.15. The highest BCUT2D eigenvalue weighted by molar-refractivity contribution is 5.94. The zero-order valence-corrected chi connectivity index (χ0v) is 11.8. The van der Waals surface area contributed by atoms with E-state index >= 15 is 0 Å². The van der Waals surface area contributed by atoms with Gasteiger partial charge in [-0.15, -0.1) is 0 Å². The summed E-state index contributed by atoms with van der Waals surface area (Å²) >= 11 is 0. The fourth-order valence-corrected chi connectivity index (χ4v) is 2.47. The summed E-state index contributed by atoms with van der Waals surface area (Å²) in [5.74, 6) is 0.899. The number of ketones is 1. The van der Waals surface area contributed by atoms with Gasteiger partial charge in [-0.3, -0.25) is 4.79 Å². The molecule has 0 unspecified atom stereocenters. The number of hydrogen-bond donors (Lipinski definition) is 0. The maximum atomic E-state index is 11.4. The van der Waals surface area contributed by atoms with Crippen LogP contribution < -0.4 is 4.74 Å². The summed E-state index contributed by atoms with van der Waals surface area (Å²) in [7, 11) is 0. The molecular formula is C16H22O3. The van der Waals surface area contributed by atoms with Crippen molar-refractivity contribution in [3.63, 3.8) is 0 Å². The van der Waals surface area contributed by atoms with Crippen molar-refractivity contribution in [2.75, 3.05) is 6.61 Å². The summed E-state index contributed by atoms with van der Waals surface area (Å²) in [6.45, 7) is 4.69. The van der Waals surface area contributed by atoms with Crippen LogP contribution >= 0.6 is 0 Å². The smallest absolute Gasteiger partial charge is 0.159 e. The fourth-order valence-electron chi connectivity index (χ4n) is 2.47. The predicted molar refractivity (Wildman–Crippen MR) is 74.7 cm³/mol. The van der Waals surface area contributed by atoms with Gasteiger partial charge < -0.3 is 9.47 Å². The zero-order chi connectivity index (χ0) is 13.7.